The van der Waals surface area contributed by atoms with Crippen molar-refractivity contribution in [3.05, 3.63) is 35.4 Å². The molecule has 0 radical (unpaired) electrons. The second-order valence-corrected chi connectivity index (χ2v) is 4.82. The van der Waals surface area contributed by atoms with E-state index >= 15 is 0 Å². The summed E-state index contributed by atoms with van der Waals surface area (Å²) in [7, 11) is 0. The number of rotatable bonds is 5. The van der Waals surface area contributed by atoms with Gasteiger partial charge in [0.1, 0.15) is 0 Å². The maximum atomic E-state index is 12.8. The molecular weight excluding hydrogens is 269 g/mol. The summed E-state index contributed by atoms with van der Waals surface area (Å²) in [6.07, 6.45) is -2.88. The lowest BCUT2D eigenvalue weighted by Crippen LogP contribution is -2.33. The molecule has 1 aliphatic heterocycles. The van der Waals surface area contributed by atoms with Gasteiger partial charge in [0.15, 0.2) is 0 Å². The van der Waals surface area contributed by atoms with Crippen molar-refractivity contribution in [3.8, 4) is 0 Å². The Morgan fingerprint density at radius 3 is 2.65 bits per heavy atom. The number of amides is 1. The molecule has 0 unspecified atom stereocenters. The molecule has 1 fully saturated rings. The fourth-order valence-corrected chi connectivity index (χ4v) is 2.33. The SMILES string of the molecule is O=C1CCCN1CCNCc1ccccc1C(F)(F)F. The van der Waals surface area contributed by atoms with E-state index in [-0.39, 0.29) is 18.0 Å². The number of nitrogens with one attached hydrogen (secondary N) is 1. The Morgan fingerprint density at radius 1 is 1.25 bits per heavy atom. The highest BCUT2D eigenvalue weighted by molar-refractivity contribution is 5.78. The van der Waals surface area contributed by atoms with Gasteiger partial charge in [-0.25, -0.2) is 0 Å². The average molecular weight is 286 g/mol. The molecule has 1 heterocycles. The first-order chi connectivity index (χ1) is 9.48. The summed E-state index contributed by atoms with van der Waals surface area (Å²) < 4.78 is 38.3. The summed E-state index contributed by atoms with van der Waals surface area (Å²) in [5, 5.41) is 2.97. The largest absolute Gasteiger partial charge is 0.416 e. The fourth-order valence-electron chi connectivity index (χ4n) is 2.33. The van der Waals surface area contributed by atoms with E-state index in [1.165, 1.54) is 12.1 Å². The van der Waals surface area contributed by atoms with E-state index in [0.29, 0.717) is 19.5 Å². The first kappa shape index (κ1) is 14.8. The minimum absolute atomic E-state index is 0.127. The highest BCUT2D eigenvalue weighted by Gasteiger charge is 2.32. The molecule has 1 saturated heterocycles. The first-order valence-corrected chi connectivity index (χ1v) is 6.62. The van der Waals surface area contributed by atoms with Crippen LogP contribution in [0.3, 0.4) is 0 Å². The van der Waals surface area contributed by atoms with Crippen LogP contribution in [0.2, 0.25) is 0 Å². The van der Waals surface area contributed by atoms with Crippen LogP contribution in [-0.2, 0) is 17.5 Å². The van der Waals surface area contributed by atoms with Crippen LogP contribution in [-0.4, -0.2) is 30.4 Å². The molecule has 0 saturated carbocycles. The van der Waals surface area contributed by atoms with Crippen molar-refractivity contribution >= 4 is 5.91 Å². The maximum Gasteiger partial charge on any atom is 0.416 e. The molecule has 0 atom stereocenters. The molecule has 3 nitrogen and oxygen atoms in total. The fraction of sp³-hybridized carbons (Fsp3) is 0.500. The van der Waals surface area contributed by atoms with Gasteiger partial charge in [-0.05, 0) is 18.1 Å². The third-order valence-electron chi connectivity index (χ3n) is 3.37. The predicted molar refractivity (Wildman–Crippen MR) is 69.0 cm³/mol. The van der Waals surface area contributed by atoms with E-state index in [2.05, 4.69) is 5.32 Å². The monoisotopic (exact) mass is 286 g/mol. The molecule has 0 bridgehead atoms. The highest BCUT2D eigenvalue weighted by Crippen LogP contribution is 2.31. The zero-order valence-electron chi connectivity index (χ0n) is 11.0. The van der Waals surface area contributed by atoms with E-state index in [1.54, 1.807) is 11.0 Å². The molecule has 1 aliphatic rings. The zero-order chi connectivity index (χ0) is 14.6. The van der Waals surface area contributed by atoms with Gasteiger partial charge in [-0.15, -0.1) is 0 Å². The Kier molecular flexibility index (Phi) is 4.65. The molecule has 0 aliphatic carbocycles. The molecule has 0 spiro atoms. The summed E-state index contributed by atoms with van der Waals surface area (Å²) in [4.78, 5) is 13.1. The topological polar surface area (TPSA) is 32.3 Å². The van der Waals surface area contributed by atoms with Gasteiger partial charge in [-0.1, -0.05) is 18.2 Å². The van der Waals surface area contributed by atoms with E-state index in [1.807, 2.05) is 0 Å². The third kappa shape index (κ3) is 3.72. The normalized spacial score (nSPS) is 15.9. The van der Waals surface area contributed by atoms with Crippen molar-refractivity contribution in [2.24, 2.45) is 0 Å². The lowest BCUT2D eigenvalue weighted by molar-refractivity contribution is -0.138. The van der Waals surface area contributed by atoms with Crippen molar-refractivity contribution < 1.29 is 18.0 Å². The Morgan fingerprint density at radius 2 is 2.00 bits per heavy atom. The van der Waals surface area contributed by atoms with Crippen LogP contribution < -0.4 is 5.32 Å². The van der Waals surface area contributed by atoms with Crippen LogP contribution >= 0.6 is 0 Å². The maximum absolute atomic E-state index is 12.8. The Labute approximate surface area is 115 Å². The number of alkyl halides is 3. The average Bonchev–Trinajstić information content (AvgIpc) is 2.80. The van der Waals surface area contributed by atoms with E-state index in [0.717, 1.165) is 19.0 Å². The first-order valence-electron chi connectivity index (χ1n) is 6.62. The number of halogens is 3. The highest BCUT2D eigenvalue weighted by atomic mass is 19.4. The van der Waals surface area contributed by atoms with Crippen molar-refractivity contribution in [1.29, 1.82) is 0 Å². The molecular formula is C14H17F3N2O. The minimum atomic E-state index is -4.33. The molecule has 20 heavy (non-hydrogen) atoms. The third-order valence-corrected chi connectivity index (χ3v) is 3.37. The van der Waals surface area contributed by atoms with Gasteiger partial charge < -0.3 is 10.2 Å². The predicted octanol–water partition coefficient (Wildman–Crippen LogP) is 2.42. The Balaban J connectivity index is 1.84. The lowest BCUT2D eigenvalue weighted by atomic mass is 10.1. The second kappa shape index (κ2) is 6.26. The number of hydrogen-bond donors (Lipinski definition) is 1. The van der Waals surface area contributed by atoms with Gasteiger partial charge in [0, 0.05) is 32.6 Å². The van der Waals surface area contributed by atoms with Crippen molar-refractivity contribution in [2.75, 3.05) is 19.6 Å². The molecule has 1 aromatic rings. The molecule has 1 amide bonds. The summed E-state index contributed by atoms with van der Waals surface area (Å²) >= 11 is 0. The van der Waals surface area contributed by atoms with Crippen molar-refractivity contribution in [1.82, 2.24) is 10.2 Å². The van der Waals surface area contributed by atoms with Crippen molar-refractivity contribution in [3.63, 3.8) is 0 Å². The molecule has 1 aromatic carbocycles. The lowest BCUT2D eigenvalue weighted by Gasteiger charge is -2.17. The van der Waals surface area contributed by atoms with Crippen LogP contribution in [0.4, 0.5) is 13.2 Å². The van der Waals surface area contributed by atoms with Crippen LogP contribution in [0.5, 0.6) is 0 Å². The van der Waals surface area contributed by atoms with Gasteiger partial charge >= 0.3 is 6.18 Å². The van der Waals surface area contributed by atoms with E-state index < -0.39 is 11.7 Å². The molecule has 2 rings (SSSR count). The van der Waals surface area contributed by atoms with E-state index in [9.17, 15) is 18.0 Å². The number of hydrogen-bond acceptors (Lipinski definition) is 2. The van der Waals surface area contributed by atoms with Gasteiger partial charge in [-0.2, -0.15) is 13.2 Å². The van der Waals surface area contributed by atoms with Gasteiger partial charge in [0.25, 0.3) is 0 Å². The van der Waals surface area contributed by atoms with E-state index in [4.69, 9.17) is 0 Å². The number of carbonyl (C=O) groups excluding carboxylic acids is 1. The number of nitrogens with zero attached hydrogens (tertiary/aromatic N) is 1. The molecule has 6 heteroatoms. The van der Waals surface area contributed by atoms with Crippen LogP contribution in [0, 0.1) is 0 Å². The number of benzene rings is 1. The van der Waals surface area contributed by atoms with Gasteiger partial charge in [-0.3, -0.25) is 4.79 Å². The summed E-state index contributed by atoms with van der Waals surface area (Å²) in [5.74, 6) is 0.127. The standard InChI is InChI=1S/C14H17F3N2O/c15-14(16,17)12-5-2-1-4-11(12)10-18-7-9-19-8-3-6-13(19)20/h1-2,4-5,18H,3,6-10H2. The summed E-state index contributed by atoms with van der Waals surface area (Å²) in [6, 6.07) is 5.53. The van der Waals surface area contributed by atoms with Crippen LogP contribution in [0.15, 0.2) is 24.3 Å². The minimum Gasteiger partial charge on any atom is -0.341 e. The van der Waals surface area contributed by atoms with Gasteiger partial charge in [0.2, 0.25) is 5.91 Å². The Hall–Kier alpha value is -1.56. The second-order valence-electron chi connectivity index (χ2n) is 4.82. The Bertz CT molecular complexity index is 474. The van der Waals surface area contributed by atoms with Gasteiger partial charge in [0.05, 0.1) is 5.56 Å². The molecule has 110 valence electrons. The quantitative estimate of drug-likeness (QED) is 0.843. The molecule has 0 aromatic heterocycles. The summed E-state index contributed by atoms with van der Waals surface area (Å²) in [5.41, 5.74) is -0.377. The van der Waals surface area contributed by atoms with Crippen molar-refractivity contribution in [2.45, 2.75) is 25.6 Å². The van der Waals surface area contributed by atoms with Crippen LogP contribution in [0.25, 0.3) is 0 Å². The summed E-state index contributed by atoms with van der Waals surface area (Å²) in [6.45, 7) is 1.95. The smallest absolute Gasteiger partial charge is 0.341 e. The van der Waals surface area contributed by atoms with Crippen LogP contribution in [0.1, 0.15) is 24.0 Å². The number of likely N-dealkylation sites (tertiary alicyclic amines) is 1. The number of carbonyl (C=O) groups is 1. The molecule has 1 N–H and O–H groups in total. The zero-order valence-corrected chi connectivity index (χ0v) is 11.0.